The molecule has 1 aromatic carbocycles. The van der Waals surface area contributed by atoms with E-state index in [0.717, 1.165) is 5.56 Å². The number of aliphatic hydroxyl groups is 1. The molecule has 0 atom stereocenters. The van der Waals surface area contributed by atoms with Crippen LogP contribution in [0.4, 0.5) is 11.8 Å². The summed E-state index contributed by atoms with van der Waals surface area (Å²) < 4.78 is 12.4. The molecule has 0 unspecified atom stereocenters. The molecule has 172 valence electrons. The molecule has 0 radical (unpaired) electrons. The summed E-state index contributed by atoms with van der Waals surface area (Å²) in [5.74, 6) is 1.37. The van der Waals surface area contributed by atoms with Crippen molar-refractivity contribution in [1.82, 2.24) is 24.7 Å². The number of halogens is 2. The van der Waals surface area contributed by atoms with Gasteiger partial charge >= 0.3 is 0 Å². The number of fused-ring (bicyclic) bond motifs is 1. The van der Waals surface area contributed by atoms with Crippen LogP contribution in [-0.2, 0) is 13.1 Å². The number of hydrogen-bond acceptors (Lipinski definition) is 9. The number of anilines is 2. The van der Waals surface area contributed by atoms with Crippen LogP contribution in [-0.4, -0.2) is 50.7 Å². The van der Waals surface area contributed by atoms with Gasteiger partial charge in [0, 0.05) is 41.5 Å². The van der Waals surface area contributed by atoms with Crippen molar-refractivity contribution in [2.45, 2.75) is 13.1 Å². The van der Waals surface area contributed by atoms with Gasteiger partial charge in [-0.05, 0) is 6.07 Å². The van der Waals surface area contributed by atoms with Gasteiger partial charge in [-0.15, -0.1) is 0 Å². The van der Waals surface area contributed by atoms with Crippen molar-refractivity contribution in [3.05, 3.63) is 46.3 Å². The molecule has 4 N–H and O–H groups in total. The average Bonchev–Trinajstić information content (AvgIpc) is 3.25. The van der Waals surface area contributed by atoms with E-state index in [-0.39, 0.29) is 12.6 Å². The third-order valence-electron chi connectivity index (χ3n) is 4.89. The van der Waals surface area contributed by atoms with Crippen LogP contribution in [0.25, 0.3) is 22.2 Å². The number of methoxy groups -OCH3 is 2. The van der Waals surface area contributed by atoms with Gasteiger partial charge in [0.15, 0.2) is 5.82 Å². The van der Waals surface area contributed by atoms with Crippen LogP contribution >= 0.6 is 23.2 Å². The molecule has 0 fully saturated rings. The number of rotatable bonds is 8. The number of benzene rings is 1. The molecule has 0 aliphatic rings. The molecule has 0 spiro atoms. The van der Waals surface area contributed by atoms with Crippen molar-refractivity contribution in [3.63, 3.8) is 0 Å². The minimum Gasteiger partial charge on any atom is -0.495 e. The minimum atomic E-state index is 0.00447. The number of ether oxygens (including phenoxy) is 2. The second-order valence-electron chi connectivity index (χ2n) is 7.00. The molecular weight excluding hydrogens is 469 g/mol. The van der Waals surface area contributed by atoms with Gasteiger partial charge in [0.1, 0.15) is 17.0 Å². The lowest BCUT2D eigenvalue weighted by molar-refractivity contribution is 0.269. The Balaban J connectivity index is 1.82. The Morgan fingerprint density at radius 3 is 2.48 bits per heavy atom. The van der Waals surface area contributed by atoms with E-state index in [2.05, 4.69) is 20.4 Å². The zero-order valence-electron chi connectivity index (χ0n) is 17.8. The normalized spacial score (nSPS) is 11.1. The second-order valence-corrected chi connectivity index (χ2v) is 7.75. The van der Waals surface area contributed by atoms with E-state index in [1.165, 1.54) is 14.2 Å². The van der Waals surface area contributed by atoms with Crippen LogP contribution in [0.2, 0.25) is 10.0 Å². The van der Waals surface area contributed by atoms with E-state index in [9.17, 15) is 0 Å². The highest BCUT2D eigenvalue weighted by atomic mass is 35.5. The molecule has 3 heterocycles. The summed E-state index contributed by atoms with van der Waals surface area (Å²) in [6.45, 7) is 0.823. The Kier molecular flexibility index (Phi) is 6.68. The van der Waals surface area contributed by atoms with Crippen LogP contribution in [0, 0.1) is 0 Å². The lowest BCUT2D eigenvalue weighted by Gasteiger charge is -2.16. The second kappa shape index (κ2) is 9.65. The monoisotopic (exact) mass is 489 g/mol. The number of pyridine rings is 1. The van der Waals surface area contributed by atoms with Crippen LogP contribution in [0.1, 0.15) is 5.56 Å². The molecule has 3 aromatic heterocycles. The van der Waals surface area contributed by atoms with Gasteiger partial charge in [0.2, 0.25) is 5.95 Å². The van der Waals surface area contributed by atoms with Gasteiger partial charge in [0.05, 0.1) is 49.3 Å². The fraction of sp³-hybridized carbons (Fsp3) is 0.238. The van der Waals surface area contributed by atoms with Gasteiger partial charge < -0.3 is 25.6 Å². The van der Waals surface area contributed by atoms with E-state index in [4.69, 9.17) is 48.5 Å². The lowest BCUT2D eigenvalue weighted by atomic mass is 10.1. The predicted octanol–water partition coefficient (Wildman–Crippen LogP) is 3.40. The number of nitrogens with two attached hydrogens (primary N) is 1. The highest BCUT2D eigenvalue weighted by Gasteiger charge is 2.21. The van der Waals surface area contributed by atoms with Crippen molar-refractivity contribution < 1.29 is 14.6 Å². The Morgan fingerprint density at radius 1 is 1.09 bits per heavy atom. The fourth-order valence-corrected chi connectivity index (χ4v) is 4.02. The predicted molar refractivity (Wildman–Crippen MR) is 127 cm³/mol. The van der Waals surface area contributed by atoms with E-state index in [0.29, 0.717) is 62.6 Å². The third-order valence-corrected chi connectivity index (χ3v) is 5.64. The standard InChI is InChI=1S/C21H21Cl2N7O3/c1-32-14-6-15(33-2)18(23)16(17(14)22)13-5-12-9-26-21(24)29-19(12)20(28-13)25-7-11-8-27-30(10-11)3-4-31/h5-6,8-10,31H,3-4,7H2,1-2H3,(H,25,28)(H2,24,26,29). The molecule has 33 heavy (non-hydrogen) atoms. The number of aliphatic hydroxyl groups excluding tert-OH is 1. The molecule has 0 aliphatic heterocycles. The van der Waals surface area contributed by atoms with E-state index >= 15 is 0 Å². The summed E-state index contributed by atoms with van der Waals surface area (Å²) in [5, 5.41) is 17.8. The Bertz CT molecular complexity index is 1280. The summed E-state index contributed by atoms with van der Waals surface area (Å²) in [5.41, 5.74) is 8.18. The van der Waals surface area contributed by atoms with Crippen molar-refractivity contribution in [1.29, 1.82) is 0 Å². The smallest absolute Gasteiger partial charge is 0.220 e. The fourth-order valence-electron chi connectivity index (χ4n) is 3.32. The quantitative estimate of drug-likeness (QED) is 0.340. The van der Waals surface area contributed by atoms with Crippen molar-refractivity contribution in [2.75, 3.05) is 31.9 Å². The molecule has 12 heteroatoms. The van der Waals surface area contributed by atoms with Crippen molar-refractivity contribution >= 4 is 45.9 Å². The molecule has 4 rings (SSSR count). The number of hydrogen-bond donors (Lipinski definition) is 3. The molecule has 10 nitrogen and oxygen atoms in total. The molecular formula is C21H21Cl2N7O3. The third kappa shape index (κ3) is 4.58. The van der Waals surface area contributed by atoms with E-state index in [1.807, 2.05) is 6.20 Å². The summed E-state index contributed by atoms with van der Waals surface area (Å²) >= 11 is 13.2. The minimum absolute atomic E-state index is 0.00447. The summed E-state index contributed by atoms with van der Waals surface area (Å²) in [6, 6.07) is 3.38. The topological polar surface area (TPSA) is 133 Å². The van der Waals surface area contributed by atoms with Crippen molar-refractivity contribution in [3.8, 4) is 22.8 Å². The summed E-state index contributed by atoms with van der Waals surface area (Å²) in [4.78, 5) is 13.2. The van der Waals surface area contributed by atoms with Gasteiger partial charge in [-0.3, -0.25) is 4.68 Å². The molecule has 0 bridgehead atoms. The van der Waals surface area contributed by atoms with Gasteiger partial charge in [-0.2, -0.15) is 5.10 Å². The Hall–Kier alpha value is -3.34. The van der Waals surface area contributed by atoms with E-state index < -0.39 is 0 Å². The highest BCUT2D eigenvalue weighted by molar-refractivity contribution is 6.41. The van der Waals surface area contributed by atoms with Crippen molar-refractivity contribution in [2.24, 2.45) is 0 Å². The number of nitrogen functional groups attached to an aromatic ring is 1. The van der Waals surface area contributed by atoms with Crippen LogP contribution in [0.5, 0.6) is 11.5 Å². The maximum Gasteiger partial charge on any atom is 0.220 e. The maximum absolute atomic E-state index is 9.09. The first-order valence-electron chi connectivity index (χ1n) is 9.84. The van der Waals surface area contributed by atoms with Gasteiger partial charge in [-0.25, -0.2) is 15.0 Å². The Morgan fingerprint density at radius 2 is 1.82 bits per heavy atom. The SMILES string of the molecule is COc1cc(OC)c(Cl)c(-c2cc3cnc(N)nc3c(NCc3cnn(CCO)c3)n2)c1Cl. The maximum atomic E-state index is 9.09. The lowest BCUT2D eigenvalue weighted by Crippen LogP contribution is -2.06. The molecule has 0 amide bonds. The summed E-state index contributed by atoms with van der Waals surface area (Å²) in [6.07, 6.45) is 5.14. The van der Waals surface area contributed by atoms with Crippen LogP contribution in [0.3, 0.4) is 0 Å². The largest absolute Gasteiger partial charge is 0.495 e. The Labute approximate surface area is 199 Å². The van der Waals surface area contributed by atoms with Crippen LogP contribution in [0.15, 0.2) is 30.7 Å². The first-order chi connectivity index (χ1) is 15.9. The molecule has 0 saturated heterocycles. The zero-order valence-corrected chi connectivity index (χ0v) is 19.4. The number of nitrogens with zero attached hydrogens (tertiary/aromatic N) is 5. The molecule has 4 aromatic rings. The number of nitrogens with one attached hydrogen (secondary N) is 1. The molecule has 0 aliphatic carbocycles. The molecule has 0 saturated carbocycles. The van der Waals surface area contributed by atoms with Gasteiger partial charge in [-0.1, -0.05) is 23.2 Å². The first kappa shape index (κ1) is 22.8. The first-order valence-corrected chi connectivity index (χ1v) is 10.6. The highest BCUT2D eigenvalue weighted by Crippen LogP contribution is 2.46. The summed E-state index contributed by atoms with van der Waals surface area (Å²) in [7, 11) is 3.01. The van der Waals surface area contributed by atoms with Crippen LogP contribution < -0.4 is 20.5 Å². The average molecular weight is 490 g/mol. The number of aromatic nitrogens is 5. The van der Waals surface area contributed by atoms with E-state index in [1.54, 1.807) is 29.2 Å². The van der Waals surface area contributed by atoms with Gasteiger partial charge in [0.25, 0.3) is 0 Å². The zero-order chi connectivity index (χ0) is 23.5.